The van der Waals surface area contributed by atoms with E-state index >= 15 is 0 Å². The number of allylic oxidation sites excluding steroid dienone is 1. The molecule has 1 unspecified atom stereocenters. The first-order valence-corrected chi connectivity index (χ1v) is 9.26. The van der Waals surface area contributed by atoms with Gasteiger partial charge in [-0.3, -0.25) is 9.69 Å². The number of amides is 1. The van der Waals surface area contributed by atoms with Crippen molar-refractivity contribution in [2.24, 2.45) is 0 Å². The molecule has 0 radical (unpaired) electrons. The summed E-state index contributed by atoms with van der Waals surface area (Å²) in [5.74, 6) is -0.616. The fourth-order valence-electron chi connectivity index (χ4n) is 2.61. The normalized spacial score (nSPS) is 17.6. The molecule has 0 spiro atoms. The second-order valence-corrected chi connectivity index (χ2v) is 7.37. The Morgan fingerprint density at radius 1 is 1.36 bits per heavy atom. The molecule has 0 saturated carbocycles. The molecule has 5 nitrogen and oxygen atoms in total. The summed E-state index contributed by atoms with van der Waals surface area (Å²) >= 11 is 6.47. The number of hydrogen-bond acceptors (Lipinski definition) is 5. The zero-order chi connectivity index (χ0) is 18.6. The largest absolute Gasteiger partial charge is 0.497 e. The van der Waals surface area contributed by atoms with Crippen molar-refractivity contribution in [3.8, 4) is 5.75 Å². The Balaban J connectivity index is 2.33. The molecule has 1 aromatic rings. The summed E-state index contributed by atoms with van der Waals surface area (Å²) in [7, 11) is 1.59. The lowest BCUT2D eigenvalue weighted by Crippen LogP contribution is -2.43. The number of carbonyl (C=O) groups excluding carboxylic acids is 1. The lowest BCUT2D eigenvalue weighted by atomic mass is 10.1. The third-order valence-corrected chi connectivity index (χ3v) is 5.59. The van der Waals surface area contributed by atoms with Crippen LogP contribution in [0.15, 0.2) is 29.2 Å². The number of nitrogens with zero attached hydrogens (tertiary/aromatic N) is 1. The highest BCUT2D eigenvalue weighted by Gasteiger charge is 2.41. The molecule has 0 bridgehead atoms. The SMILES string of the molecule is CCCCC(C(=O)O)N1C(=O)/C(=C(\C)c2ccc(OC)cc2)SC1=S. The van der Waals surface area contributed by atoms with Gasteiger partial charge in [0.2, 0.25) is 0 Å². The van der Waals surface area contributed by atoms with E-state index in [-0.39, 0.29) is 5.91 Å². The van der Waals surface area contributed by atoms with Crippen LogP contribution in [0, 0.1) is 0 Å². The van der Waals surface area contributed by atoms with Crippen molar-refractivity contribution in [2.45, 2.75) is 39.2 Å². The Morgan fingerprint density at radius 2 is 2.00 bits per heavy atom. The van der Waals surface area contributed by atoms with E-state index in [1.165, 1.54) is 16.7 Å². The zero-order valence-electron chi connectivity index (χ0n) is 14.4. The summed E-state index contributed by atoms with van der Waals surface area (Å²) in [5, 5.41) is 9.50. The third kappa shape index (κ3) is 4.22. The van der Waals surface area contributed by atoms with Crippen LogP contribution in [-0.4, -0.2) is 39.4 Å². The third-order valence-electron chi connectivity index (χ3n) is 4.09. The molecule has 1 atom stereocenters. The molecule has 1 amide bonds. The van der Waals surface area contributed by atoms with Crippen LogP contribution in [0.3, 0.4) is 0 Å². The van der Waals surface area contributed by atoms with E-state index in [0.717, 1.165) is 29.7 Å². The fraction of sp³-hybridized carbons (Fsp3) is 0.389. The van der Waals surface area contributed by atoms with Crippen LogP contribution in [0.2, 0.25) is 0 Å². The number of unbranched alkanes of at least 4 members (excludes halogenated alkanes) is 1. The second-order valence-electron chi connectivity index (χ2n) is 5.72. The van der Waals surface area contributed by atoms with Crippen molar-refractivity contribution in [3.05, 3.63) is 34.7 Å². The Morgan fingerprint density at radius 3 is 2.52 bits per heavy atom. The Hall–Kier alpha value is -1.86. The van der Waals surface area contributed by atoms with E-state index in [9.17, 15) is 14.7 Å². The molecule has 1 fully saturated rings. The number of thiocarbonyl (C=S) groups is 1. The minimum absolute atomic E-state index is 0.302. The summed E-state index contributed by atoms with van der Waals surface area (Å²) in [6.07, 6.45) is 1.98. The van der Waals surface area contributed by atoms with Crippen LogP contribution in [0.25, 0.3) is 5.57 Å². The summed E-state index contributed by atoms with van der Waals surface area (Å²) in [6, 6.07) is 6.47. The van der Waals surface area contributed by atoms with Gasteiger partial charge >= 0.3 is 5.97 Å². The molecule has 7 heteroatoms. The summed E-state index contributed by atoms with van der Waals surface area (Å²) in [4.78, 5) is 26.2. The minimum atomic E-state index is -1.02. The number of aliphatic carboxylic acids is 1. The van der Waals surface area contributed by atoms with Crippen LogP contribution in [0.4, 0.5) is 0 Å². The number of carbonyl (C=O) groups is 2. The number of thioether (sulfide) groups is 1. The fourth-order valence-corrected chi connectivity index (χ4v) is 4.01. The number of rotatable bonds is 7. The van der Waals surface area contributed by atoms with E-state index < -0.39 is 12.0 Å². The van der Waals surface area contributed by atoms with Crippen molar-refractivity contribution < 1.29 is 19.4 Å². The van der Waals surface area contributed by atoms with Crippen LogP contribution < -0.4 is 4.74 Å². The van der Waals surface area contributed by atoms with Crippen LogP contribution >= 0.6 is 24.0 Å². The van der Waals surface area contributed by atoms with Gasteiger partial charge in [-0.2, -0.15) is 0 Å². The van der Waals surface area contributed by atoms with E-state index in [2.05, 4.69) is 0 Å². The van der Waals surface area contributed by atoms with Gasteiger partial charge in [0.1, 0.15) is 16.1 Å². The van der Waals surface area contributed by atoms with Crippen molar-refractivity contribution in [1.29, 1.82) is 0 Å². The predicted octanol–water partition coefficient (Wildman–Crippen LogP) is 3.93. The van der Waals surface area contributed by atoms with Crippen molar-refractivity contribution >= 4 is 45.7 Å². The average molecular weight is 380 g/mol. The van der Waals surface area contributed by atoms with Gasteiger partial charge in [0, 0.05) is 0 Å². The van der Waals surface area contributed by atoms with Gasteiger partial charge in [0.05, 0.1) is 12.0 Å². The highest BCUT2D eigenvalue weighted by atomic mass is 32.2. The molecule has 1 N–H and O–H groups in total. The molecule has 1 aliphatic heterocycles. The molecular formula is C18H21NO4S2. The van der Waals surface area contributed by atoms with Gasteiger partial charge in [-0.05, 0) is 36.6 Å². The number of ether oxygens (including phenoxy) is 1. The number of carboxylic acids is 1. The lowest BCUT2D eigenvalue weighted by molar-refractivity contribution is -0.145. The highest BCUT2D eigenvalue weighted by molar-refractivity contribution is 8.26. The molecule has 1 aliphatic rings. The van der Waals surface area contributed by atoms with Crippen molar-refractivity contribution in [3.63, 3.8) is 0 Å². The quantitative estimate of drug-likeness (QED) is 0.572. The molecule has 1 heterocycles. The number of benzene rings is 1. The predicted molar refractivity (Wildman–Crippen MR) is 104 cm³/mol. The van der Waals surface area contributed by atoms with Crippen LogP contribution in [-0.2, 0) is 9.59 Å². The molecule has 0 aliphatic carbocycles. The molecule has 0 aromatic heterocycles. The van der Waals surface area contributed by atoms with Gasteiger partial charge in [-0.1, -0.05) is 55.9 Å². The monoisotopic (exact) mass is 379 g/mol. The topological polar surface area (TPSA) is 66.8 Å². The summed E-state index contributed by atoms with van der Waals surface area (Å²) in [5.41, 5.74) is 1.66. The molecule has 1 saturated heterocycles. The van der Waals surface area contributed by atoms with E-state index in [4.69, 9.17) is 17.0 Å². The van der Waals surface area contributed by atoms with Gasteiger partial charge in [0.15, 0.2) is 0 Å². The van der Waals surface area contributed by atoms with E-state index in [1.807, 2.05) is 38.1 Å². The first kappa shape index (κ1) is 19.5. The Bertz CT molecular complexity index is 712. The maximum absolute atomic E-state index is 12.8. The first-order valence-electron chi connectivity index (χ1n) is 8.04. The number of methoxy groups -OCH3 is 1. The van der Waals surface area contributed by atoms with Crippen LogP contribution in [0.1, 0.15) is 38.7 Å². The van der Waals surface area contributed by atoms with Crippen molar-refractivity contribution in [2.75, 3.05) is 7.11 Å². The van der Waals surface area contributed by atoms with E-state index in [1.54, 1.807) is 7.11 Å². The zero-order valence-corrected chi connectivity index (χ0v) is 16.1. The number of hydrogen-bond donors (Lipinski definition) is 1. The minimum Gasteiger partial charge on any atom is -0.497 e. The molecule has 1 aromatic carbocycles. The molecule has 25 heavy (non-hydrogen) atoms. The molecule has 2 rings (SSSR count). The number of carboxylic acid groups (broad SMARTS) is 1. The molecular weight excluding hydrogens is 358 g/mol. The highest BCUT2D eigenvalue weighted by Crippen LogP contribution is 2.38. The lowest BCUT2D eigenvalue weighted by Gasteiger charge is -2.23. The van der Waals surface area contributed by atoms with Gasteiger partial charge < -0.3 is 9.84 Å². The van der Waals surface area contributed by atoms with E-state index in [0.29, 0.717) is 15.6 Å². The van der Waals surface area contributed by atoms with Crippen molar-refractivity contribution in [1.82, 2.24) is 4.90 Å². The standard InChI is InChI=1S/C18H21NO4S2/c1-4-5-6-14(17(21)22)19-16(20)15(25-18(19)24)11(2)12-7-9-13(23-3)10-8-12/h7-10,14H,4-6H2,1-3H3,(H,21,22)/b15-11-. The summed E-state index contributed by atoms with van der Waals surface area (Å²) < 4.78 is 5.44. The smallest absolute Gasteiger partial charge is 0.326 e. The average Bonchev–Trinajstić information content (AvgIpc) is 2.89. The van der Waals surface area contributed by atoms with Gasteiger partial charge in [-0.25, -0.2) is 4.79 Å². The Kier molecular flexibility index (Phi) is 6.61. The van der Waals surface area contributed by atoms with Crippen LogP contribution in [0.5, 0.6) is 5.75 Å². The first-order chi connectivity index (χ1) is 11.9. The Labute approximate surface area is 157 Å². The molecule has 134 valence electrons. The maximum Gasteiger partial charge on any atom is 0.326 e. The van der Waals surface area contributed by atoms with Gasteiger partial charge in [-0.15, -0.1) is 0 Å². The summed E-state index contributed by atoms with van der Waals surface area (Å²) in [6.45, 7) is 3.83. The van der Waals surface area contributed by atoms with Gasteiger partial charge in [0.25, 0.3) is 5.91 Å². The second kappa shape index (κ2) is 8.49. The maximum atomic E-state index is 12.8.